The van der Waals surface area contributed by atoms with Gasteiger partial charge in [-0.05, 0) is 0 Å². The zero-order chi connectivity index (χ0) is 3.58. The molecule has 0 bridgehead atoms. The first-order valence-electron chi connectivity index (χ1n) is 1.50. The van der Waals surface area contributed by atoms with Gasteiger partial charge in [-0.25, -0.2) is 0 Å². The van der Waals surface area contributed by atoms with E-state index < -0.39 is 0 Å². The summed E-state index contributed by atoms with van der Waals surface area (Å²) in [7, 11) is 0. The maximum atomic E-state index is 2.08. The van der Waals surface area contributed by atoms with E-state index in [0.717, 1.165) is 0 Å². The molecule has 0 nitrogen and oxygen atoms in total. The molecule has 0 aromatic carbocycles. The first-order chi connectivity index (χ1) is 1.73. The zero-order valence-corrected chi connectivity index (χ0v) is 12.5. The fraction of sp³-hybridized carbons (Fsp3) is 0.750. The molecule has 0 aliphatic carbocycles. The Morgan fingerprint density at radius 2 is 0.857 bits per heavy atom. The Balaban J connectivity index is -0.0000000150. The molecule has 0 aromatic heterocycles. The van der Waals surface area contributed by atoms with Gasteiger partial charge in [-0.3, -0.25) is 0 Å². The molecule has 0 heterocycles. The molecule has 0 saturated carbocycles. The van der Waals surface area contributed by atoms with Gasteiger partial charge in [-0.15, -0.1) is 0 Å². The van der Waals surface area contributed by atoms with Crippen LogP contribution in [0.3, 0.4) is 0 Å². The van der Waals surface area contributed by atoms with E-state index in [1.165, 1.54) is 5.92 Å². The Labute approximate surface area is 100 Å². The van der Waals surface area contributed by atoms with Gasteiger partial charge in [-0.1, -0.05) is 0 Å². The van der Waals surface area contributed by atoms with E-state index in [1.54, 1.807) is 0 Å². The third-order valence-corrected chi connectivity index (χ3v) is 0. The van der Waals surface area contributed by atoms with Crippen molar-refractivity contribution in [2.24, 2.45) is 0 Å². The van der Waals surface area contributed by atoms with E-state index in [0.29, 0.717) is 0 Å². The summed E-state index contributed by atoms with van der Waals surface area (Å²) in [5.74, 6) is 1.42. The van der Waals surface area contributed by atoms with Crippen molar-refractivity contribution in [1.82, 2.24) is 0 Å². The summed E-state index contributed by atoms with van der Waals surface area (Å²) >= 11 is 0. The summed E-state index contributed by atoms with van der Waals surface area (Å²) in [4.78, 5) is 0. The molecule has 0 aliphatic heterocycles. The van der Waals surface area contributed by atoms with Crippen molar-refractivity contribution >= 4 is 9.90 Å². The normalized spacial score (nSPS) is 5.14. The second-order valence-corrected chi connectivity index (χ2v) is 1.50. The molecule has 0 fully saturated rings. The summed E-state index contributed by atoms with van der Waals surface area (Å²) < 4.78 is 0. The van der Waals surface area contributed by atoms with Crippen molar-refractivity contribution in [3.63, 3.8) is 0 Å². The molecule has 0 amide bonds. The standard InChI is InChI=1S/C4H9.H3P.2Y/c1-4(2)3;;;/h1-3H3;1H3;;/q-1;;;. The van der Waals surface area contributed by atoms with E-state index in [2.05, 4.69) is 20.8 Å². The van der Waals surface area contributed by atoms with Crippen LogP contribution in [0.5, 0.6) is 0 Å². The third-order valence-electron chi connectivity index (χ3n) is 0. The van der Waals surface area contributed by atoms with Crippen LogP contribution in [-0.4, -0.2) is 0 Å². The molecule has 0 aromatic rings. The summed E-state index contributed by atoms with van der Waals surface area (Å²) in [6.07, 6.45) is 0. The van der Waals surface area contributed by atoms with Crippen LogP contribution < -0.4 is 0 Å². The van der Waals surface area contributed by atoms with Gasteiger partial charge < -0.3 is 5.92 Å². The predicted octanol–water partition coefficient (Wildman–Crippen LogP) is 1.67. The summed E-state index contributed by atoms with van der Waals surface area (Å²) in [6, 6.07) is 0. The molecule has 2 radical (unpaired) electrons. The SMILES string of the molecule is C[C-](C)C.P.[Y].[Y]. The first kappa shape index (κ1) is 22.6. The Bertz CT molecular complexity index is 14.4. The van der Waals surface area contributed by atoms with E-state index in [9.17, 15) is 0 Å². The van der Waals surface area contributed by atoms with Crippen LogP contribution in [-0.2, 0) is 65.4 Å². The molecule has 1 atom stereocenters. The minimum Gasteiger partial charge on any atom is -0.323 e. The average molecular weight is 269 g/mol. The fourth-order valence-corrected chi connectivity index (χ4v) is 0. The predicted molar refractivity (Wildman–Crippen MR) is 31.4 cm³/mol. The number of hydrogen-bond donors (Lipinski definition) is 0. The molecule has 0 spiro atoms. The Kier molecular flexibility index (Phi) is 51.2. The van der Waals surface area contributed by atoms with E-state index in [-0.39, 0.29) is 75.3 Å². The minimum absolute atomic E-state index is 0. The van der Waals surface area contributed by atoms with Gasteiger partial charge in [-0.2, -0.15) is 30.7 Å². The second kappa shape index (κ2) is 15.9. The van der Waals surface area contributed by atoms with E-state index >= 15 is 0 Å². The van der Waals surface area contributed by atoms with Crippen molar-refractivity contribution in [1.29, 1.82) is 0 Å². The van der Waals surface area contributed by atoms with Crippen molar-refractivity contribution in [3.05, 3.63) is 5.92 Å². The largest absolute Gasteiger partial charge is 0.323 e. The smallest absolute Gasteiger partial charge is 0 e. The molecule has 3 heteroatoms. The number of hydrogen-bond acceptors (Lipinski definition) is 0. The van der Waals surface area contributed by atoms with Gasteiger partial charge in [0.2, 0.25) is 0 Å². The minimum atomic E-state index is 0. The van der Waals surface area contributed by atoms with Gasteiger partial charge in [0.05, 0.1) is 0 Å². The molecule has 0 rings (SSSR count). The van der Waals surface area contributed by atoms with Gasteiger partial charge in [0.25, 0.3) is 0 Å². The van der Waals surface area contributed by atoms with Crippen LogP contribution in [0.2, 0.25) is 0 Å². The summed E-state index contributed by atoms with van der Waals surface area (Å²) in [5, 5.41) is 0. The number of rotatable bonds is 0. The van der Waals surface area contributed by atoms with Crippen LogP contribution in [0, 0.1) is 5.92 Å². The van der Waals surface area contributed by atoms with Gasteiger partial charge in [0.15, 0.2) is 0 Å². The average Bonchev–Trinajstić information content (AvgIpc) is 0.811. The quantitative estimate of drug-likeness (QED) is 0.463. The molecule has 1 unspecified atom stereocenters. The maximum Gasteiger partial charge on any atom is 0 e. The molecular weight excluding hydrogens is 257 g/mol. The molecular formula is C4H12PY2-. The van der Waals surface area contributed by atoms with E-state index in [4.69, 9.17) is 0 Å². The molecule has 0 saturated heterocycles. The van der Waals surface area contributed by atoms with Gasteiger partial charge in [0.1, 0.15) is 0 Å². The summed E-state index contributed by atoms with van der Waals surface area (Å²) in [6.45, 7) is 6.25. The summed E-state index contributed by atoms with van der Waals surface area (Å²) in [5.41, 5.74) is 0. The fourth-order valence-electron chi connectivity index (χ4n) is 0. The molecule has 7 heavy (non-hydrogen) atoms. The topological polar surface area (TPSA) is 0 Å². The van der Waals surface area contributed by atoms with E-state index in [1.807, 2.05) is 0 Å². The molecule has 0 N–H and O–H groups in total. The van der Waals surface area contributed by atoms with Crippen LogP contribution in [0.4, 0.5) is 0 Å². The monoisotopic (exact) mass is 269 g/mol. The van der Waals surface area contributed by atoms with Crippen molar-refractivity contribution < 1.29 is 65.4 Å². The van der Waals surface area contributed by atoms with Crippen LogP contribution in [0.25, 0.3) is 0 Å². The third kappa shape index (κ3) is 54.7. The Hall–Kier alpha value is 2.64. The second-order valence-electron chi connectivity index (χ2n) is 1.50. The van der Waals surface area contributed by atoms with Crippen molar-refractivity contribution in [2.75, 3.05) is 0 Å². The van der Waals surface area contributed by atoms with Gasteiger partial charge in [0, 0.05) is 65.4 Å². The van der Waals surface area contributed by atoms with Gasteiger partial charge >= 0.3 is 0 Å². The van der Waals surface area contributed by atoms with Crippen molar-refractivity contribution in [2.45, 2.75) is 20.8 Å². The van der Waals surface area contributed by atoms with Crippen LogP contribution in [0.15, 0.2) is 0 Å². The van der Waals surface area contributed by atoms with Crippen LogP contribution in [0.1, 0.15) is 20.8 Å². The molecule has 0 aliphatic rings. The Morgan fingerprint density at radius 3 is 0.857 bits per heavy atom. The molecule has 40 valence electrons. The maximum absolute atomic E-state index is 2.08. The first-order valence-corrected chi connectivity index (χ1v) is 1.50. The van der Waals surface area contributed by atoms with Crippen LogP contribution >= 0.6 is 9.90 Å². The zero-order valence-electron chi connectivity index (χ0n) is 5.36. The Morgan fingerprint density at radius 1 is 0.857 bits per heavy atom. The van der Waals surface area contributed by atoms with Crippen molar-refractivity contribution in [3.8, 4) is 0 Å².